The molecule has 1 aromatic rings. The van der Waals surface area contributed by atoms with Crippen LogP contribution in [0.5, 0.6) is 0 Å². The molecule has 0 aromatic heterocycles. The molecule has 2 rings (SSSR count). The molecule has 0 aliphatic carbocycles. The number of nitro groups is 1. The summed E-state index contributed by atoms with van der Waals surface area (Å²) in [4.78, 5) is 12.8. The average Bonchev–Trinajstić information content (AvgIpc) is 2.36. The summed E-state index contributed by atoms with van der Waals surface area (Å²) in [7, 11) is 0. The third kappa shape index (κ3) is 2.84. The minimum absolute atomic E-state index is 0.0281. The predicted molar refractivity (Wildman–Crippen MR) is 73.0 cm³/mol. The SMILES string of the molecule is CC1CC(C)CN(c2ccc(C#N)cc2[N+](=O)[O-])C1. The summed E-state index contributed by atoms with van der Waals surface area (Å²) in [6.45, 7) is 5.99. The highest BCUT2D eigenvalue weighted by Gasteiger charge is 2.27. The summed E-state index contributed by atoms with van der Waals surface area (Å²) in [5.74, 6) is 1.05. The lowest BCUT2D eigenvalue weighted by atomic mass is 9.91. The Morgan fingerprint density at radius 1 is 1.37 bits per heavy atom. The highest BCUT2D eigenvalue weighted by molar-refractivity contribution is 5.65. The number of hydrogen-bond donors (Lipinski definition) is 0. The number of hydrogen-bond acceptors (Lipinski definition) is 4. The van der Waals surface area contributed by atoms with Crippen LogP contribution in [0.15, 0.2) is 18.2 Å². The first-order chi connectivity index (χ1) is 9.01. The lowest BCUT2D eigenvalue weighted by Crippen LogP contribution is -2.39. The summed E-state index contributed by atoms with van der Waals surface area (Å²) in [6, 6.07) is 6.65. The molecule has 1 aliphatic heterocycles. The van der Waals surface area contributed by atoms with Gasteiger partial charge in [-0.3, -0.25) is 10.1 Å². The van der Waals surface area contributed by atoms with E-state index < -0.39 is 4.92 Å². The summed E-state index contributed by atoms with van der Waals surface area (Å²) in [5, 5.41) is 20.0. The number of nitrogens with zero attached hydrogens (tertiary/aromatic N) is 3. The van der Waals surface area contributed by atoms with Crippen molar-refractivity contribution < 1.29 is 4.92 Å². The molecule has 1 aliphatic rings. The minimum Gasteiger partial charge on any atom is -0.365 e. The number of nitro benzene ring substituents is 1. The maximum Gasteiger partial charge on any atom is 0.293 e. The lowest BCUT2D eigenvalue weighted by molar-refractivity contribution is -0.384. The van der Waals surface area contributed by atoms with E-state index in [1.807, 2.05) is 6.07 Å². The summed E-state index contributed by atoms with van der Waals surface area (Å²) < 4.78 is 0. The van der Waals surface area contributed by atoms with Crippen LogP contribution in [-0.2, 0) is 0 Å². The zero-order valence-electron chi connectivity index (χ0n) is 11.2. The summed E-state index contributed by atoms with van der Waals surface area (Å²) >= 11 is 0. The quantitative estimate of drug-likeness (QED) is 0.604. The topological polar surface area (TPSA) is 70.2 Å². The van der Waals surface area contributed by atoms with E-state index >= 15 is 0 Å². The molecular formula is C14H17N3O2. The van der Waals surface area contributed by atoms with Crippen molar-refractivity contribution in [2.45, 2.75) is 20.3 Å². The van der Waals surface area contributed by atoms with Gasteiger partial charge in [0.25, 0.3) is 5.69 Å². The molecule has 1 aromatic carbocycles. The number of piperidine rings is 1. The minimum atomic E-state index is -0.403. The fourth-order valence-electron chi connectivity index (χ4n) is 2.87. The smallest absolute Gasteiger partial charge is 0.293 e. The van der Waals surface area contributed by atoms with E-state index in [-0.39, 0.29) is 5.69 Å². The molecule has 100 valence electrons. The molecule has 2 unspecified atom stereocenters. The second-order valence-corrected chi connectivity index (χ2v) is 5.42. The van der Waals surface area contributed by atoms with Gasteiger partial charge in [-0.15, -0.1) is 0 Å². The molecule has 0 radical (unpaired) electrons. The van der Waals surface area contributed by atoms with Gasteiger partial charge in [0.2, 0.25) is 0 Å². The molecular weight excluding hydrogens is 242 g/mol. The van der Waals surface area contributed by atoms with E-state index in [4.69, 9.17) is 5.26 Å². The fraction of sp³-hybridized carbons (Fsp3) is 0.500. The molecule has 0 N–H and O–H groups in total. The molecule has 5 nitrogen and oxygen atoms in total. The lowest BCUT2D eigenvalue weighted by Gasteiger charge is -2.36. The van der Waals surface area contributed by atoms with E-state index in [2.05, 4.69) is 18.7 Å². The normalized spacial score (nSPS) is 22.9. The summed E-state index contributed by atoms with van der Waals surface area (Å²) in [6.07, 6.45) is 1.15. The van der Waals surface area contributed by atoms with Crippen molar-refractivity contribution in [1.82, 2.24) is 0 Å². The Morgan fingerprint density at radius 3 is 2.53 bits per heavy atom. The van der Waals surface area contributed by atoms with Gasteiger partial charge in [-0.1, -0.05) is 13.8 Å². The second-order valence-electron chi connectivity index (χ2n) is 5.42. The third-order valence-electron chi connectivity index (χ3n) is 3.51. The summed E-state index contributed by atoms with van der Waals surface area (Å²) in [5.41, 5.74) is 0.983. The van der Waals surface area contributed by atoms with Gasteiger partial charge < -0.3 is 4.90 Å². The van der Waals surface area contributed by atoms with Crippen molar-refractivity contribution in [1.29, 1.82) is 5.26 Å². The first-order valence-electron chi connectivity index (χ1n) is 6.44. The van der Waals surface area contributed by atoms with E-state index in [1.54, 1.807) is 12.1 Å². The maximum absolute atomic E-state index is 11.2. The van der Waals surface area contributed by atoms with Crippen LogP contribution in [0.4, 0.5) is 11.4 Å². The molecule has 0 spiro atoms. The molecule has 19 heavy (non-hydrogen) atoms. The second kappa shape index (κ2) is 5.27. The van der Waals surface area contributed by atoms with Crippen molar-refractivity contribution in [3.63, 3.8) is 0 Å². The third-order valence-corrected chi connectivity index (χ3v) is 3.51. The van der Waals surface area contributed by atoms with Gasteiger partial charge in [-0.25, -0.2) is 0 Å². The highest BCUT2D eigenvalue weighted by atomic mass is 16.6. The molecule has 5 heteroatoms. The van der Waals surface area contributed by atoms with Crippen molar-refractivity contribution >= 4 is 11.4 Å². The van der Waals surface area contributed by atoms with Gasteiger partial charge in [-0.05, 0) is 30.4 Å². The van der Waals surface area contributed by atoms with Gasteiger partial charge >= 0.3 is 0 Å². The average molecular weight is 259 g/mol. The predicted octanol–water partition coefficient (Wildman–Crippen LogP) is 2.95. The number of nitriles is 1. The molecule has 0 amide bonds. The van der Waals surface area contributed by atoms with Crippen LogP contribution in [0.3, 0.4) is 0 Å². The van der Waals surface area contributed by atoms with Crippen LogP contribution in [0.1, 0.15) is 25.8 Å². The fourth-order valence-corrected chi connectivity index (χ4v) is 2.87. The van der Waals surface area contributed by atoms with Gasteiger partial charge in [0.1, 0.15) is 5.69 Å². The Morgan fingerprint density at radius 2 is 2.00 bits per heavy atom. The number of anilines is 1. The zero-order valence-corrected chi connectivity index (χ0v) is 11.2. The molecule has 1 saturated heterocycles. The van der Waals surface area contributed by atoms with Gasteiger partial charge in [0.15, 0.2) is 0 Å². The van der Waals surface area contributed by atoms with Crippen LogP contribution in [0, 0.1) is 33.3 Å². The highest BCUT2D eigenvalue weighted by Crippen LogP contribution is 2.33. The Labute approximate surface area is 112 Å². The van der Waals surface area contributed by atoms with E-state index in [0.29, 0.717) is 23.1 Å². The Balaban J connectivity index is 2.38. The first kappa shape index (κ1) is 13.3. The van der Waals surface area contributed by atoms with Gasteiger partial charge in [-0.2, -0.15) is 5.26 Å². The molecule has 0 saturated carbocycles. The standard InChI is InChI=1S/C14H17N3O2/c1-10-5-11(2)9-16(8-10)13-4-3-12(7-15)6-14(13)17(18)19/h3-4,6,10-11H,5,8-9H2,1-2H3. The van der Waals surface area contributed by atoms with Crippen molar-refractivity contribution in [3.8, 4) is 6.07 Å². The van der Waals surface area contributed by atoms with Crippen LogP contribution in [-0.4, -0.2) is 18.0 Å². The first-order valence-corrected chi connectivity index (χ1v) is 6.44. The van der Waals surface area contributed by atoms with E-state index in [0.717, 1.165) is 19.5 Å². The number of rotatable bonds is 2. The molecule has 2 atom stereocenters. The Bertz CT molecular complexity index is 526. The molecule has 1 fully saturated rings. The molecule has 1 heterocycles. The Kier molecular flexibility index (Phi) is 3.70. The van der Waals surface area contributed by atoms with Gasteiger partial charge in [0.05, 0.1) is 16.6 Å². The van der Waals surface area contributed by atoms with Crippen LogP contribution in [0.25, 0.3) is 0 Å². The van der Waals surface area contributed by atoms with Crippen molar-refractivity contribution in [3.05, 3.63) is 33.9 Å². The van der Waals surface area contributed by atoms with Crippen molar-refractivity contribution in [2.24, 2.45) is 11.8 Å². The molecule has 0 bridgehead atoms. The largest absolute Gasteiger partial charge is 0.365 e. The van der Waals surface area contributed by atoms with E-state index in [9.17, 15) is 10.1 Å². The monoisotopic (exact) mass is 259 g/mol. The van der Waals surface area contributed by atoms with Crippen LogP contribution >= 0.6 is 0 Å². The van der Waals surface area contributed by atoms with Crippen LogP contribution < -0.4 is 4.90 Å². The van der Waals surface area contributed by atoms with E-state index in [1.165, 1.54) is 6.07 Å². The zero-order chi connectivity index (χ0) is 14.0. The van der Waals surface area contributed by atoms with Gasteiger partial charge in [0, 0.05) is 19.2 Å². The Hall–Kier alpha value is -2.09. The van der Waals surface area contributed by atoms with Crippen LogP contribution in [0.2, 0.25) is 0 Å². The van der Waals surface area contributed by atoms with Crippen molar-refractivity contribution in [2.75, 3.05) is 18.0 Å². The number of benzene rings is 1. The maximum atomic E-state index is 11.2.